The molecule has 2 atom stereocenters. The second-order valence-electron chi connectivity index (χ2n) is 5.13. The molecule has 4 heteroatoms. The lowest BCUT2D eigenvalue weighted by Crippen LogP contribution is -2.47. The minimum Gasteiger partial charge on any atom is -0.315 e. The van der Waals surface area contributed by atoms with Crippen LogP contribution in [-0.2, 0) is 0 Å². The van der Waals surface area contributed by atoms with Gasteiger partial charge in [0.05, 0.1) is 0 Å². The second-order valence-corrected chi connectivity index (χ2v) is 7.43. The highest BCUT2D eigenvalue weighted by atomic mass is 32.2. The molecule has 3 fully saturated rings. The molecular weight excluding hydrogens is 236 g/mol. The minimum atomic E-state index is 0.844. The molecule has 0 spiro atoms. The fourth-order valence-electron chi connectivity index (χ4n) is 3.39. The molecule has 0 unspecified atom stereocenters. The number of rotatable bonds is 1. The largest absolute Gasteiger partial charge is 0.315 e. The maximum atomic E-state index is 3.61. The quantitative estimate of drug-likeness (QED) is 0.769. The van der Waals surface area contributed by atoms with Crippen molar-refractivity contribution in [2.45, 2.75) is 37.4 Å². The third kappa shape index (κ3) is 2.40. The molecule has 1 N–H and O–H groups in total. The van der Waals surface area contributed by atoms with Gasteiger partial charge >= 0.3 is 0 Å². The predicted octanol–water partition coefficient (Wildman–Crippen LogP) is 1.66. The van der Waals surface area contributed by atoms with Crippen molar-refractivity contribution < 1.29 is 0 Å². The summed E-state index contributed by atoms with van der Waals surface area (Å²) in [4.78, 5) is 2.89. The van der Waals surface area contributed by atoms with Crippen molar-refractivity contribution in [2.24, 2.45) is 0 Å². The average molecular weight is 258 g/mol. The SMILES string of the molecule is C1C[C@@H]2CC[C@H](CN1)N2C1CSCCSC1. The Kier molecular flexibility index (Phi) is 4.03. The van der Waals surface area contributed by atoms with Crippen molar-refractivity contribution in [2.75, 3.05) is 36.1 Å². The van der Waals surface area contributed by atoms with E-state index >= 15 is 0 Å². The van der Waals surface area contributed by atoms with Gasteiger partial charge in [-0.2, -0.15) is 23.5 Å². The van der Waals surface area contributed by atoms with Crippen molar-refractivity contribution in [1.82, 2.24) is 10.2 Å². The van der Waals surface area contributed by atoms with Gasteiger partial charge in [0.25, 0.3) is 0 Å². The second kappa shape index (κ2) is 5.51. The van der Waals surface area contributed by atoms with Gasteiger partial charge in [-0.05, 0) is 25.8 Å². The summed E-state index contributed by atoms with van der Waals surface area (Å²) < 4.78 is 0. The van der Waals surface area contributed by atoms with Crippen LogP contribution in [0.5, 0.6) is 0 Å². The third-order valence-electron chi connectivity index (χ3n) is 4.12. The molecule has 3 aliphatic heterocycles. The first-order valence-corrected chi connectivity index (χ1v) is 8.90. The highest BCUT2D eigenvalue weighted by Gasteiger charge is 2.39. The summed E-state index contributed by atoms with van der Waals surface area (Å²) >= 11 is 4.35. The van der Waals surface area contributed by atoms with Gasteiger partial charge < -0.3 is 5.32 Å². The molecule has 3 rings (SSSR count). The number of hydrogen-bond donors (Lipinski definition) is 1. The van der Waals surface area contributed by atoms with Gasteiger partial charge in [0.1, 0.15) is 0 Å². The summed E-state index contributed by atoms with van der Waals surface area (Å²) in [7, 11) is 0. The highest BCUT2D eigenvalue weighted by Crippen LogP contribution is 2.33. The zero-order valence-corrected chi connectivity index (χ0v) is 11.5. The standard InChI is InChI=1S/C12H22N2S2/c1-2-11-7-13-4-3-10(1)14(11)12-8-15-5-6-16-9-12/h10-13H,1-9H2/t10-,11+/m0/s1. The Labute approximate surface area is 107 Å². The molecule has 3 saturated heterocycles. The summed E-state index contributed by atoms with van der Waals surface area (Å²) in [5, 5.41) is 3.61. The topological polar surface area (TPSA) is 15.3 Å². The molecule has 0 aromatic carbocycles. The molecule has 16 heavy (non-hydrogen) atoms. The van der Waals surface area contributed by atoms with E-state index in [0.29, 0.717) is 0 Å². The smallest absolute Gasteiger partial charge is 0.0283 e. The number of fused-ring (bicyclic) bond motifs is 2. The van der Waals surface area contributed by atoms with Crippen LogP contribution in [0.15, 0.2) is 0 Å². The maximum Gasteiger partial charge on any atom is 0.0283 e. The Morgan fingerprint density at radius 2 is 1.62 bits per heavy atom. The van der Waals surface area contributed by atoms with Crippen molar-refractivity contribution in [3.05, 3.63) is 0 Å². The van der Waals surface area contributed by atoms with Gasteiger partial charge in [-0.3, -0.25) is 4.90 Å². The van der Waals surface area contributed by atoms with Crippen LogP contribution in [0.25, 0.3) is 0 Å². The van der Waals surface area contributed by atoms with Crippen LogP contribution >= 0.6 is 23.5 Å². The summed E-state index contributed by atoms with van der Waals surface area (Å²) in [5.74, 6) is 5.48. The fourth-order valence-corrected chi connectivity index (χ4v) is 5.94. The molecule has 3 heterocycles. The van der Waals surface area contributed by atoms with E-state index in [2.05, 4.69) is 33.7 Å². The first-order chi connectivity index (χ1) is 7.95. The third-order valence-corrected chi connectivity index (χ3v) is 6.61. The summed E-state index contributed by atoms with van der Waals surface area (Å²) in [5.41, 5.74) is 0. The molecule has 0 saturated carbocycles. The Hall–Kier alpha value is 0.620. The Morgan fingerprint density at radius 1 is 0.875 bits per heavy atom. The molecular formula is C12H22N2S2. The van der Waals surface area contributed by atoms with Gasteiger partial charge in [0, 0.05) is 47.7 Å². The molecule has 0 radical (unpaired) electrons. The number of nitrogens with one attached hydrogen (secondary N) is 1. The van der Waals surface area contributed by atoms with Gasteiger partial charge in [-0.15, -0.1) is 0 Å². The molecule has 0 aliphatic carbocycles. The molecule has 2 bridgehead atoms. The van der Waals surface area contributed by atoms with Crippen LogP contribution in [0.2, 0.25) is 0 Å². The van der Waals surface area contributed by atoms with Crippen molar-refractivity contribution >= 4 is 23.5 Å². The first-order valence-electron chi connectivity index (χ1n) is 6.59. The van der Waals surface area contributed by atoms with Crippen molar-refractivity contribution in [3.63, 3.8) is 0 Å². The number of hydrogen-bond acceptors (Lipinski definition) is 4. The van der Waals surface area contributed by atoms with Gasteiger partial charge in [-0.1, -0.05) is 0 Å². The molecule has 92 valence electrons. The number of thioether (sulfide) groups is 2. The Bertz CT molecular complexity index is 215. The molecule has 0 amide bonds. The normalized spacial score (nSPS) is 38.2. The van der Waals surface area contributed by atoms with Crippen LogP contribution < -0.4 is 5.32 Å². The average Bonchev–Trinajstić information content (AvgIpc) is 2.47. The van der Waals surface area contributed by atoms with E-state index in [4.69, 9.17) is 0 Å². The minimum absolute atomic E-state index is 0.844. The molecule has 2 nitrogen and oxygen atoms in total. The van der Waals surface area contributed by atoms with Gasteiger partial charge in [-0.25, -0.2) is 0 Å². The van der Waals surface area contributed by atoms with E-state index < -0.39 is 0 Å². The Morgan fingerprint density at radius 3 is 2.44 bits per heavy atom. The highest BCUT2D eigenvalue weighted by molar-refractivity contribution is 8.03. The maximum absolute atomic E-state index is 3.61. The Balaban J connectivity index is 1.71. The van der Waals surface area contributed by atoms with E-state index in [1.54, 1.807) is 0 Å². The van der Waals surface area contributed by atoms with Crippen LogP contribution in [0.3, 0.4) is 0 Å². The lowest BCUT2D eigenvalue weighted by Gasteiger charge is -2.35. The predicted molar refractivity (Wildman–Crippen MR) is 74.6 cm³/mol. The van der Waals surface area contributed by atoms with E-state index in [-0.39, 0.29) is 0 Å². The van der Waals surface area contributed by atoms with E-state index in [9.17, 15) is 0 Å². The number of nitrogens with zero attached hydrogens (tertiary/aromatic N) is 1. The van der Waals surface area contributed by atoms with Crippen LogP contribution in [-0.4, -0.2) is 59.1 Å². The first kappa shape index (κ1) is 11.7. The van der Waals surface area contributed by atoms with Crippen molar-refractivity contribution in [3.8, 4) is 0 Å². The van der Waals surface area contributed by atoms with E-state index in [0.717, 1.165) is 18.1 Å². The van der Waals surface area contributed by atoms with Gasteiger partial charge in [0.2, 0.25) is 0 Å². The zero-order chi connectivity index (χ0) is 10.8. The molecule has 0 aromatic rings. The monoisotopic (exact) mass is 258 g/mol. The lowest BCUT2D eigenvalue weighted by molar-refractivity contribution is 0.163. The molecule has 3 aliphatic rings. The van der Waals surface area contributed by atoms with Gasteiger partial charge in [0.15, 0.2) is 0 Å². The van der Waals surface area contributed by atoms with Crippen molar-refractivity contribution in [1.29, 1.82) is 0 Å². The van der Waals surface area contributed by atoms with Crippen LogP contribution in [0, 0.1) is 0 Å². The van der Waals surface area contributed by atoms with Crippen LogP contribution in [0.1, 0.15) is 19.3 Å². The van der Waals surface area contributed by atoms with Crippen LogP contribution in [0.4, 0.5) is 0 Å². The molecule has 0 aromatic heterocycles. The summed E-state index contributed by atoms with van der Waals surface area (Å²) in [6.45, 7) is 2.48. The fraction of sp³-hybridized carbons (Fsp3) is 1.00. The lowest BCUT2D eigenvalue weighted by atomic mass is 10.1. The van der Waals surface area contributed by atoms with E-state index in [1.165, 1.54) is 55.4 Å². The van der Waals surface area contributed by atoms with E-state index in [1.807, 2.05) is 0 Å². The summed E-state index contributed by atoms with van der Waals surface area (Å²) in [6, 6.07) is 2.59. The summed E-state index contributed by atoms with van der Waals surface area (Å²) in [6.07, 6.45) is 4.27. The zero-order valence-electron chi connectivity index (χ0n) is 9.86.